The van der Waals surface area contributed by atoms with Gasteiger partial charge in [0.1, 0.15) is 0 Å². The van der Waals surface area contributed by atoms with E-state index < -0.39 is 10.0 Å². The van der Waals surface area contributed by atoms with Crippen LogP contribution in [0.5, 0.6) is 0 Å². The quantitative estimate of drug-likeness (QED) is 0.641. The van der Waals surface area contributed by atoms with Gasteiger partial charge < -0.3 is 5.32 Å². The molecule has 0 saturated carbocycles. The van der Waals surface area contributed by atoms with Crippen molar-refractivity contribution in [1.29, 1.82) is 0 Å². The molecule has 1 nitrogen and oxygen atoms in total. The van der Waals surface area contributed by atoms with Crippen molar-refractivity contribution in [3.63, 3.8) is 0 Å². The first-order valence-electron chi connectivity index (χ1n) is 6.52. The Hall–Kier alpha value is 0.0500. The number of allylic oxidation sites excluding steroid dienone is 1. The van der Waals surface area contributed by atoms with Gasteiger partial charge in [0.15, 0.2) is 0 Å². The molecule has 16 heavy (non-hydrogen) atoms. The molecule has 0 amide bonds. The highest BCUT2D eigenvalue weighted by Gasteiger charge is 2.42. The molecular formula is C14H27NS. The van der Waals surface area contributed by atoms with Gasteiger partial charge in [-0.2, -0.15) is 0 Å². The zero-order chi connectivity index (χ0) is 11.8. The minimum absolute atomic E-state index is 0.466. The van der Waals surface area contributed by atoms with Crippen molar-refractivity contribution in [2.24, 2.45) is 11.3 Å². The molecule has 94 valence electrons. The summed E-state index contributed by atoms with van der Waals surface area (Å²) >= 11 is 0. The molecule has 0 aliphatic carbocycles. The summed E-state index contributed by atoms with van der Waals surface area (Å²) in [7, 11) is -0.466. The molecular weight excluding hydrogens is 214 g/mol. The van der Waals surface area contributed by atoms with Crippen LogP contribution >= 0.6 is 10.0 Å². The zero-order valence-corrected chi connectivity index (χ0v) is 12.1. The highest BCUT2D eigenvalue weighted by Crippen LogP contribution is 2.56. The molecule has 1 N–H and O–H groups in total. The van der Waals surface area contributed by atoms with Crippen LogP contribution in [-0.4, -0.2) is 30.2 Å². The van der Waals surface area contributed by atoms with E-state index in [1.54, 1.807) is 0 Å². The summed E-state index contributed by atoms with van der Waals surface area (Å²) in [5.74, 6) is 2.28. The van der Waals surface area contributed by atoms with E-state index in [-0.39, 0.29) is 0 Å². The summed E-state index contributed by atoms with van der Waals surface area (Å²) in [5.41, 5.74) is 0.507. The average molecular weight is 241 g/mol. The predicted octanol–water partition coefficient (Wildman–Crippen LogP) is 3.36. The monoisotopic (exact) mass is 241 g/mol. The Labute approximate surface area is 102 Å². The molecule has 2 unspecified atom stereocenters. The van der Waals surface area contributed by atoms with Crippen molar-refractivity contribution >= 4 is 10.0 Å². The lowest BCUT2D eigenvalue weighted by Crippen LogP contribution is -2.43. The van der Waals surface area contributed by atoms with Gasteiger partial charge in [0.2, 0.25) is 0 Å². The third-order valence-corrected chi connectivity index (χ3v) is 7.75. The second-order valence-electron chi connectivity index (χ2n) is 6.56. The number of hydrogen-bond donors (Lipinski definition) is 1. The molecule has 0 aromatic heterocycles. The number of nitrogens with one attached hydrogen (secondary N) is 1. The van der Waals surface area contributed by atoms with E-state index in [1.807, 2.05) is 0 Å². The van der Waals surface area contributed by atoms with E-state index in [2.05, 4.69) is 43.8 Å². The number of rotatable bonds is 0. The van der Waals surface area contributed by atoms with Crippen LogP contribution in [0.3, 0.4) is 0 Å². The van der Waals surface area contributed by atoms with Gasteiger partial charge in [-0.05, 0) is 48.9 Å². The first-order valence-corrected chi connectivity index (χ1v) is 9.20. The van der Waals surface area contributed by atoms with E-state index in [4.69, 9.17) is 0 Å². The lowest BCUT2D eigenvalue weighted by molar-refractivity contribution is 0.186. The maximum absolute atomic E-state index is 3.82. The molecule has 1 fully saturated rings. The van der Waals surface area contributed by atoms with Crippen LogP contribution in [0.25, 0.3) is 0 Å². The lowest BCUT2D eigenvalue weighted by atomic mass is 9.74. The molecule has 2 heteroatoms. The molecule has 2 rings (SSSR count). The van der Waals surface area contributed by atoms with Crippen LogP contribution in [0, 0.1) is 11.3 Å². The third-order valence-electron chi connectivity index (χ3n) is 4.54. The summed E-state index contributed by atoms with van der Waals surface area (Å²) in [5, 5.41) is 4.58. The molecule has 2 heterocycles. The minimum atomic E-state index is -0.466. The highest BCUT2D eigenvalue weighted by atomic mass is 32.3. The van der Waals surface area contributed by atoms with Gasteiger partial charge in [-0.1, -0.05) is 26.0 Å². The van der Waals surface area contributed by atoms with Crippen LogP contribution in [0.4, 0.5) is 0 Å². The Balaban J connectivity index is 2.31. The van der Waals surface area contributed by atoms with Crippen molar-refractivity contribution in [1.82, 2.24) is 5.32 Å². The van der Waals surface area contributed by atoms with Gasteiger partial charge in [-0.15, -0.1) is 0 Å². The maximum atomic E-state index is 3.82. The summed E-state index contributed by atoms with van der Waals surface area (Å²) in [6.07, 6.45) is 13.9. The molecule has 2 atom stereocenters. The predicted molar refractivity (Wildman–Crippen MR) is 76.4 cm³/mol. The first kappa shape index (κ1) is 12.5. The van der Waals surface area contributed by atoms with E-state index in [1.165, 1.54) is 25.0 Å². The largest absolute Gasteiger partial charge is 0.303 e. The summed E-state index contributed by atoms with van der Waals surface area (Å²) < 4.78 is 0. The fourth-order valence-corrected chi connectivity index (χ4v) is 6.45. The van der Waals surface area contributed by atoms with Gasteiger partial charge in [-0.25, -0.2) is 10.0 Å². The molecule has 1 saturated heterocycles. The normalized spacial score (nSPS) is 39.2. The fraction of sp³-hybridized carbons (Fsp3) is 0.857. The number of fused-ring (bicyclic) bond motifs is 1. The van der Waals surface area contributed by atoms with Crippen molar-refractivity contribution in [3.8, 4) is 0 Å². The second kappa shape index (κ2) is 4.38. The van der Waals surface area contributed by atoms with Crippen LogP contribution in [-0.2, 0) is 0 Å². The molecule has 2 aliphatic heterocycles. The molecule has 0 radical (unpaired) electrons. The van der Waals surface area contributed by atoms with Crippen molar-refractivity contribution in [2.75, 3.05) is 24.8 Å². The molecule has 0 bridgehead atoms. The smallest absolute Gasteiger partial charge is 0.0412 e. The Bertz CT molecular complexity index is 280. The van der Waals surface area contributed by atoms with Crippen LogP contribution < -0.4 is 5.32 Å². The second-order valence-corrected chi connectivity index (χ2v) is 10.7. The summed E-state index contributed by atoms with van der Waals surface area (Å²) in [4.78, 5) is 0. The van der Waals surface area contributed by atoms with Crippen LogP contribution in [0.2, 0.25) is 0 Å². The Morgan fingerprint density at radius 1 is 1.25 bits per heavy atom. The topological polar surface area (TPSA) is 12.0 Å². The SMILES string of the molecule is CC1(C)CCCS(C)(C)C2NCC=CCC21. The van der Waals surface area contributed by atoms with E-state index in [0.29, 0.717) is 5.41 Å². The Morgan fingerprint density at radius 3 is 2.75 bits per heavy atom. The van der Waals surface area contributed by atoms with Crippen molar-refractivity contribution in [3.05, 3.63) is 12.2 Å². The molecule has 0 aromatic rings. The third kappa shape index (κ3) is 2.33. The molecule has 0 spiro atoms. The van der Waals surface area contributed by atoms with E-state index >= 15 is 0 Å². The van der Waals surface area contributed by atoms with E-state index in [0.717, 1.165) is 17.8 Å². The molecule has 2 aliphatic rings. The standard InChI is InChI=1S/C14H27NS/c1-14(2)9-7-11-16(3,4)13-12(14)8-5-6-10-15-13/h5-6,12-13,15H,7-11H2,1-4H3. The average Bonchev–Trinajstić information content (AvgIpc) is 2.44. The highest BCUT2D eigenvalue weighted by molar-refractivity contribution is 8.33. The van der Waals surface area contributed by atoms with Crippen LogP contribution in [0.15, 0.2) is 12.2 Å². The van der Waals surface area contributed by atoms with Crippen molar-refractivity contribution in [2.45, 2.75) is 38.5 Å². The summed E-state index contributed by atoms with van der Waals surface area (Å²) in [6, 6.07) is 0. The Kier molecular flexibility index (Phi) is 3.42. The Morgan fingerprint density at radius 2 is 2.00 bits per heavy atom. The van der Waals surface area contributed by atoms with E-state index in [9.17, 15) is 0 Å². The van der Waals surface area contributed by atoms with Gasteiger partial charge in [0.05, 0.1) is 0 Å². The van der Waals surface area contributed by atoms with Gasteiger partial charge in [-0.3, -0.25) is 0 Å². The van der Waals surface area contributed by atoms with Crippen molar-refractivity contribution < 1.29 is 0 Å². The first-order chi connectivity index (χ1) is 7.43. The number of hydrogen-bond acceptors (Lipinski definition) is 1. The summed E-state index contributed by atoms with van der Waals surface area (Å²) in [6.45, 7) is 6.03. The van der Waals surface area contributed by atoms with Crippen LogP contribution in [0.1, 0.15) is 33.1 Å². The van der Waals surface area contributed by atoms with Gasteiger partial charge in [0.25, 0.3) is 0 Å². The fourth-order valence-electron chi connectivity index (χ4n) is 3.39. The van der Waals surface area contributed by atoms with Gasteiger partial charge in [0, 0.05) is 11.9 Å². The lowest BCUT2D eigenvalue weighted by Gasteiger charge is -2.46. The zero-order valence-electron chi connectivity index (χ0n) is 11.3. The maximum Gasteiger partial charge on any atom is 0.0412 e. The van der Waals surface area contributed by atoms with Gasteiger partial charge >= 0.3 is 0 Å². The minimum Gasteiger partial charge on any atom is -0.303 e. The molecule has 0 aromatic carbocycles.